The molecule has 2 unspecified atom stereocenters. The van der Waals surface area contributed by atoms with E-state index in [0.29, 0.717) is 11.3 Å². The van der Waals surface area contributed by atoms with Crippen molar-refractivity contribution in [3.05, 3.63) is 28.2 Å². The number of fused-ring (bicyclic) bond motifs is 1. The van der Waals surface area contributed by atoms with Gasteiger partial charge in [-0.25, -0.2) is 4.90 Å². The highest BCUT2D eigenvalue weighted by molar-refractivity contribution is 9.10. The van der Waals surface area contributed by atoms with Crippen LogP contribution >= 0.6 is 15.9 Å². The molecular weight excluding hydrogens is 320 g/mol. The second kappa shape index (κ2) is 5.02. The average molecular weight is 333 g/mol. The van der Waals surface area contributed by atoms with Crippen LogP contribution in [0.25, 0.3) is 0 Å². The number of nitrogens with zero attached hydrogens (tertiary/aromatic N) is 2. The van der Waals surface area contributed by atoms with Gasteiger partial charge in [-0.1, -0.05) is 28.8 Å². The Morgan fingerprint density at radius 3 is 2.30 bits per heavy atom. The molecule has 2 amide bonds. The molecule has 102 valence electrons. The largest absolute Gasteiger partial charge is 0.274 e. The minimum atomic E-state index is -0.188. The van der Waals surface area contributed by atoms with Crippen molar-refractivity contribution in [1.29, 1.82) is 5.26 Å². The first kappa shape index (κ1) is 13.3. The quantitative estimate of drug-likeness (QED) is 0.742. The fourth-order valence-corrected chi connectivity index (χ4v) is 3.55. The van der Waals surface area contributed by atoms with Crippen LogP contribution in [0.2, 0.25) is 0 Å². The van der Waals surface area contributed by atoms with E-state index in [1.807, 2.05) is 0 Å². The summed E-state index contributed by atoms with van der Waals surface area (Å²) in [7, 11) is 0. The topological polar surface area (TPSA) is 61.2 Å². The van der Waals surface area contributed by atoms with Crippen LogP contribution in [0.15, 0.2) is 22.7 Å². The van der Waals surface area contributed by atoms with E-state index in [-0.39, 0.29) is 23.7 Å². The molecular formula is C15H13BrN2O2. The van der Waals surface area contributed by atoms with Crippen LogP contribution in [0.1, 0.15) is 31.2 Å². The van der Waals surface area contributed by atoms with E-state index in [1.54, 1.807) is 18.2 Å². The summed E-state index contributed by atoms with van der Waals surface area (Å²) in [4.78, 5) is 26.2. The molecule has 1 aliphatic heterocycles. The maximum absolute atomic E-state index is 12.5. The molecule has 2 atom stereocenters. The lowest BCUT2D eigenvalue weighted by molar-refractivity contribution is -0.122. The first-order valence-corrected chi connectivity index (χ1v) is 7.50. The smallest absolute Gasteiger partial charge is 0.237 e. The molecule has 4 nitrogen and oxygen atoms in total. The van der Waals surface area contributed by atoms with E-state index in [9.17, 15) is 14.9 Å². The van der Waals surface area contributed by atoms with Gasteiger partial charge in [0.25, 0.3) is 0 Å². The van der Waals surface area contributed by atoms with E-state index in [4.69, 9.17) is 0 Å². The second-order valence-electron chi connectivity index (χ2n) is 5.28. The van der Waals surface area contributed by atoms with Gasteiger partial charge in [-0.2, -0.15) is 5.26 Å². The van der Waals surface area contributed by atoms with Gasteiger partial charge in [0.05, 0.1) is 23.1 Å². The Morgan fingerprint density at radius 1 is 1.15 bits per heavy atom. The molecule has 1 saturated carbocycles. The Kier molecular flexibility index (Phi) is 3.35. The summed E-state index contributed by atoms with van der Waals surface area (Å²) >= 11 is 3.30. The molecule has 0 bridgehead atoms. The van der Waals surface area contributed by atoms with Crippen molar-refractivity contribution in [3.8, 4) is 6.07 Å². The van der Waals surface area contributed by atoms with E-state index < -0.39 is 0 Å². The molecule has 3 rings (SSSR count). The molecule has 0 spiro atoms. The standard InChI is InChI=1S/C15H13BrN2O2/c16-10-5-6-13(9(7-10)8-17)18-14(19)11-3-1-2-4-12(11)15(18)20/h5-7,11-12H,1-4H2. The number of halogens is 1. The van der Waals surface area contributed by atoms with Crippen molar-refractivity contribution in [1.82, 2.24) is 0 Å². The molecule has 1 aliphatic carbocycles. The van der Waals surface area contributed by atoms with Crippen LogP contribution in [0, 0.1) is 23.2 Å². The van der Waals surface area contributed by atoms with Gasteiger partial charge in [-0.15, -0.1) is 0 Å². The van der Waals surface area contributed by atoms with Crippen molar-refractivity contribution in [2.45, 2.75) is 25.7 Å². The van der Waals surface area contributed by atoms with Crippen LogP contribution in [-0.4, -0.2) is 11.8 Å². The number of hydrogen-bond acceptors (Lipinski definition) is 3. The molecule has 1 heterocycles. The highest BCUT2D eigenvalue weighted by Crippen LogP contribution is 2.41. The van der Waals surface area contributed by atoms with Crippen molar-refractivity contribution in [2.75, 3.05) is 4.90 Å². The number of carbonyl (C=O) groups is 2. The molecule has 2 fully saturated rings. The summed E-state index contributed by atoms with van der Waals surface area (Å²) < 4.78 is 0.759. The summed E-state index contributed by atoms with van der Waals surface area (Å²) in [6.07, 6.45) is 3.56. The number of benzene rings is 1. The van der Waals surface area contributed by atoms with E-state index in [2.05, 4.69) is 22.0 Å². The highest BCUT2D eigenvalue weighted by atomic mass is 79.9. The number of hydrogen-bond donors (Lipinski definition) is 0. The Bertz CT molecular complexity index is 611. The molecule has 1 saturated heterocycles. The van der Waals surface area contributed by atoms with Gasteiger partial charge < -0.3 is 0 Å². The fourth-order valence-electron chi connectivity index (χ4n) is 3.19. The molecule has 1 aromatic carbocycles. The maximum Gasteiger partial charge on any atom is 0.237 e. The summed E-state index contributed by atoms with van der Waals surface area (Å²) in [5.41, 5.74) is 0.764. The Labute approximate surface area is 125 Å². The van der Waals surface area contributed by atoms with Crippen molar-refractivity contribution in [2.24, 2.45) is 11.8 Å². The minimum absolute atomic E-state index is 0.140. The molecule has 1 aromatic rings. The number of imide groups is 1. The van der Waals surface area contributed by atoms with Gasteiger partial charge in [0.2, 0.25) is 11.8 Å². The van der Waals surface area contributed by atoms with Gasteiger partial charge in [0.1, 0.15) is 6.07 Å². The Hall–Kier alpha value is -1.67. The van der Waals surface area contributed by atoms with E-state index >= 15 is 0 Å². The predicted octanol–water partition coefficient (Wildman–Crippen LogP) is 3.00. The van der Waals surface area contributed by atoms with Gasteiger partial charge in [-0.05, 0) is 31.0 Å². The number of carbonyl (C=O) groups excluding carboxylic acids is 2. The number of anilines is 1. The van der Waals surface area contributed by atoms with Crippen molar-refractivity contribution < 1.29 is 9.59 Å². The SMILES string of the molecule is N#Cc1cc(Br)ccc1N1C(=O)C2CCCCC2C1=O. The summed E-state index contributed by atoms with van der Waals surface area (Å²) in [5.74, 6) is -0.657. The lowest BCUT2D eigenvalue weighted by Crippen LogP contribution is -2.31. The normalized spacial score (nSPS) is 25.5. The average Bonchev–Trinajstić information content (AvgIpc) is 2.72. The fraction of sp³-hybridized carbons (Fsp3) is 0.400. The first-order valence-electron chi connectivity index (χ1n) is 6.71. The zero-order valence-corrected chi connectivity index (χ0v) is 12.4. The maximum atomic E-state index is 12.5. The monoisotopic (exact) mass is 332 g/mol. The third-order valence-electron chi connectivity index (χ3n) is 4.16. The lowest BCUT2D eigenvalue weighted by Gasteiger charge is -2.19. The molecule has 0 radical (unpaired) electrons. The van der Waals surface area contributed by atoms with Crippen LogP contribution in [0.3, 0.4) is 0 Å². The van der Waals surface area contributed by atoms with Crippen molar-refractivity contribution >= 4 is 33.4 Å². The third-order valence-corrected chi connectivity index (χ3v) is 4.65. The van der Waals surface area contributed by atoms with Gasteiger partial charge in [-0.3, -0.25) is 9.59 Å². The third kappa shape index (κ3) is 1.95. The highest BCUT2D eigenvalue weighted by Gasteiger charge is 2.49. The van der Waals surface area contributed by atoms with Crippen LogP contribution in [0.5, 0.6) is 0 Å². The predicted molar refractivity (Wildman–Crippen MR) is 76.8 cm³/mol. The zero-order chi connectivity index (χ0) is 14.3. The van der Waals surface area contributed by atoms with Crippen LogP contribution in [-0.2, 0) is 9.59 Å². The van der Waals surface area contributed by atoms with Crippen LogP contribution < -0.4 is 4.90 Å². The molecule has 5 heteroatoms. The minimum Gasteiger partial charge on any atom is -0.274 e. The van der Waals surface area contributed by atoms with E-state index in [1.165, 1.54) is 4.90 Å². The van der Waals surface area contributed by atoms with Gasteiger partial charge in [0, 0.05) is 4.47 Å². The molecule has 2 aliphatic rings. The van der Waals surface area contributed by atoms with Crippen molar-refractivity contribution in [3.63, 3.8) is 0 Å². The van der Waals surface area contributed by atoms with Gasteiger partial charge in [0.15, 0.2) is 0 Å². The zero-order valence-electron chi connectivity index (χ0n) is 10.8. The van der Waals surface area contributed by atoms with Gasteiger partial charge >= 0.3 is 0 Å². The number of amides is 2. The molecule has 0 aromatic heterocycles. The summed E-state index contributed by atoms with van der Waals surface area (Å²) in [5, 5.41) is 9.21. The molecule has 0 N–H and O–H groups in total. The Balaban J connectivity index is 2.04. The van der Waals surface area contributed by atoms with Crippen LogP contribution in [0.4, 0.5) is 5.69 Å². The molecule has 20 heavy (non-hydrogen) atoms. The van der Waals surface area contributed by atoms with E-state index in [0.717, 1.165) is 30.2 Å². The second-order valence-corrected chi connectivity index (χ2v) is 6.20. The summed E-state index contributed by atoms with van der Waals surface area (Å²) in [6, 6.07) is 7.11. The first-order chi connectivity index (χ1) is 9.63. The lowest BCUT2D eigenvalue weighted by atomic mass is 9.81. The number of rotatable bonds is 1. The Morgan fingerprint density at radius 2 is 1.75 bits per heavy atom. The summed E-state index contributed by atoms with van der Waals surface area (Å²) in [6.45, 7) is 0. The number of nitriles is 1.